The molecular weight excluding hydrogens is 436 g/mol. The van der Waals surface area contributed by atoms with Crippen molar-refractivity contribution in [3.63, 3.8) is 0 Å². The molecule has 0 saturated carbocycles. The van der Waals surface area contributed by atoms with Crippen LogP contribution in [0.25, 0.3) is 21.8 Å². The number of hydrogen-bond donors (Lipinski definition) is 0. The molecule has 4 aromatic rings. The number of hydrogen-bond acceptors (Lipinski definition) is 2. The van der Waals surface area contributed by atoms with Gasteiger partial charge >= 0.3 is 0 Å². The summed E-state index contributed by atoms with van der Waals surface area (Å²) < 4.78 is 0. The summed E-state index contributed by atoms with van der Waals surface area (Å²) in [7, 11) is 0. The van der Waals surface area contributed by atoms with Gasteiger partial charge in [0.1, 0.15) is 0 Å². The monoisotopic (exact) mass is 480 g/mol. The van der Waals surface area contributed by atoms with E-state index in [9.17, 15) is 0 Å². The normalized spacial score (nSPS) is 13.5. The molecule has 0 amide bonds. The van der Waals surface area contributed by atoms with E-state index in [0.717, 1.165) is 23.9 Å². The first-order valence-electron chi connectivity index (χ1n) is 13.4. The summed E-state index contributed by atoms with van der Waals surface area (Å²) in [6.45, 7) is 23.2. The van der Waals surface area contributed by atoms with Crippen LogP contribution in [0.5, 0.6) is 0 Å². The van der Waals surface area contributed by atoms with Crippen LogP contribution >= 0.6 is 0 Å². The number of pyridine rings is 2. The van der Waals surface area contributed by atoms with E-state index in [1.165, 1.54) is 33.2 Å². The molecule has 36 heavy (non-hydrogen) atoms. The zero-order valence-electron chi connectivity index (χ0n) is 24.1. The van der Waals surface area contributed by atoms with Gasteiger partial charge < -0.3 is 0 Å². The number of benzene rings is 2. The van der Waals surface area contributed by atoms with E-state index < -0.39 is 0 Å². The third-order valence-electron chi connectivity index (χ3n) is 7.90. The standard InChI is InChI=1S/C34H44N2/c1-31(2,3)25-14-15-28-24(20-25)13-16-30(36-28)34(9,10)18-17-33(7,8)27-22-29-23(12-11-19-35-29)21-26(27)32(4,5)6/h11-16,19-22H,17-18H2,1-10H3. The smallest absolute Gasteiger partial charge is 0.0705 e. The molecule has 0 N–H and O–H groups in total. The van der Waals surface area contributed by atoms with Gasteiger partial charge in [-0.25, -0.2) is 0 Å². The van der Waals surface area contributed by atoms with Gasteiger partial charge in [0.05, 0.1) is 11.0 Å². The maximum Gasteiger partial charge on any atom is 0.0705 e. The van der Waals surface area contributed by atoms with E-state index in [1.54, 1.807) is 0 Å². The lowest BCUT2D eigenvalue weighted by molar-refractivity contribution is 0.365. The molecule has 0 radical (unpaired) electrons. The average molecular weight is 481 g/mol. The maximum absolute atomic E-state index is 5.13. The van der Waals surface area contributed by atoms with Crippen molar-refractivity contribution in [1.29, 1.82) is 0 Å². The van der Waals surface area contributed by atoms with Crippen LogP contribution in [0.4, 0.5) is 0 Å². The third-order valence-corrected chi connectivity index (χ3v) is 7.90. The molecule has 0 aliphatic carbocycles. The highest BCUT2D eigenvalue weighted by Crippen LogP contribution is 2.41. The van der Waals surface area contributed by atoms with Crippen LogP contribution in [0.15, 0.2) is 60.8 Å². The fourth-order valence-electron chi connectivity index (χ4n) is 5.16. The van der Waals surface area contributed by atoms with E-state index in [4.69, 9.17) is 4.98 Å². The van der Waals surface area contributed by atoms with E-state index in [0.29, 0.717) is 0 Å². The van der Waals surface area contributed by atoms with Crippen molar-refractivity contribution in [3.8, 4) is 0 Å². The summed E-state index contributed by atoms with van der Waals surface area (Å²) in [5, 5.41) is 2.44. The van der Waals surface area contributed by atoms with Crippen LogP contribution in [-0.4, -0.2) is 9.97 Å². The van der Waals surface area contributed by atoms with Gasteiger partial charge in [-0.3, -0.25) is 9.97 Å². The van der Waals surface area contributed by atoms with E-state index in [-0.39, 0.29) is 21.7 Å². The molecule has 0 fully saturated rings. The minimum atomic E-state index is -0.0227. The molecule has 0 aliphatic heterocycles. The van der Waals surface area contributed by atoms with Crippen LogP contribution in [0.1, 0.15) is 104 Å². The molecule has 0 bridgehead atoms. The molecule has 0 atom stereocenters. The van der Waals surface area contributed by atoms with E-state index >= 15 is 0 Å². The lowest BCUT2D eigenvalue weighted by Gasteiger charge is -2.35. The Balaban J connectivity index is 1.64. The quantitative estimate of drug-likeness (QED) is 0.284. The zero-order chi connectivity index (χ0) is 26.5. The Hall–Kier alpha value is -2.74. The average Bonchev–Trinajstić information content (AvgIpc) is 2.80. The molecule has 2 heteroatoms. The van der Waals surface area contributed by atoms with Gasteiger partial charge in [-0.15, -0.1) is 0 Å². The van der Waals surface area contributed by atoms with Crippen LogP contribution in [-0.2, 0) is 21.7 Å². The highest BCUT2D eigenvalue weighted by Gasteiger charge is 2.32. The van der Waals surface area contributed by atoms with Gasteiger partial charge in [0.15, 0.2) is 0 Å². The largest absolute Gasteiger partial charge is 0.256 e. The fraction of sp³-hybridized carbons (Fsp3) is 0.471. The summed E-state index contributed by atoms with van der Waals surface area (Å²) in [5.74, 6) is 0. The first-order valence-corrected chi connectivity index (χ1v) is 13.4. The van der Waals surface area contributed by atoms with E-state index in [2.05, 4.69) is 123 Å². The highest BCUT2D eigenvalue weighted by molar-refractivity contribution is 5.81. The molecule has 0 aliphatic rings. The number of aromatic nitrogens is 2. The first-order chi connectivity index (χ1) is 16.6. The Morgan fingerprint density at radius 1 is 0.583 bits per heavy atom. The fourth-order valence-corrected chi connectivity index (χ4v) is 5.16. The lowest BCUT2D eigenvalue weighted by Crippen LogP contribution is -2.28. The molecule has 190 valence electrons. The lowest BCUT2D eigenvalue weighted by atomic mass is 9.69. The summed E-state index contributed by atoms with van der Waals surface area (Å²) in [5.41, 5.74) is 7.73. The molecule has 2 heterocycles. The molecule has 0 spiro atoms. The maximum atomic E-state index is 5.13. The summed E-state index contributed by atoms with van der Waals surface area (Å²) in [6.07, 6.45) is 4.03. The summed E-state index contributed by atoms with van der Waals surface area (Å²) in [6, 6.07) is 20.1. The Morgan fingerprint density at radius 2 is 1.25 bits per heavy atom. The molecule has 2 nitrogen and oxygen atoms in total. The van der Waals surface area contributed by atoms with Crippen LogP contribution in [0, 0.1) is 0 Å². The van der Waals surface area contributed by atoms with Crippen molar-refractivity contribution in [2.45, 2.75) is 104 Å². The Labute approximate surface area is 218 Å². The molecule has 0 unspecified atom stereocenters. The molecule has 2 aromatic carbocycles. The Kier molecular flexibility index (Phi) is 6.56. The minimum Gasteiger partial charge on any atom is -0.256 e. The predicted molar refractivity (Wildman–Crippen MR) is 156 cm³/mol. The SMILES string of the molecule is CC(C)(C)c1ccc2nc(C(C)(C)CCC(C)(C)c3cc4ncccc4cc3C(C)(C)C)ccc2c1. The van der Waals surface area contributed by atoms with Gasteiger partial charge in [0.2, 0.25) is 0 Å². The van der Waals surface area contributed by atoms with Crippen molar-refractivity contribution < 1.29 is 0 Å². The van der Waals surface area contributed by atoms with Gasteiger partial charge in [-0.2, -0.15) is 0 Å². The molecule has 0 saturated heterocycles. The zero-order valence-corrected chi connectivity index (χ0v) is 24.1. The van der Waals surface area contributed by atoms with Crippen LogP contribution < -0.4 is 0 Å². The van der Waals surface area contributed by atoms with Crippen molar-refractivity contribution in [2.24, 2.45) is 0 Å². The number of fused-ring (bicyclic) bond motifs is 2. The second-order valence-corrected chi connectivity index (χ2v) is 14.0. The Bertz CT molecular complexity index is 1390. The van der Waals surface area contributed by atoms with Crippen molar-refractivity contribution in [2.75, 3.05) is 0 Å². The second-order valence-electron chi connectivity index (χ2n) is 14.0. The topological polar surface area (TPSA) is 25.8 Å². The molecule has 4 rings (SSSR count). The van der Waals surface area contributed by atoms with Crippen molar-refractivity contribution in [3.05, 3.63) is 83.2 Å². The molecule has 2 aromatic heterocycles. The predicted octanol–water partition coefficient (Wildman–Crippen LogP) is 9.41. The van der Waals surface area contributed by atoms with Gasteiger partial charge in [-0.05, 0) is 82.2 Å². The van der Waals surface area contributed by atoms with Crippen LogP contribution in [0.2, 0.25) is 0 Å². The summed E-state index contributed by atoms with van der Waals surface area (Å²) in [4.78, 5) is 9.81. The second kappa shape index (κ2) is 8.98. The van der Waals surface area contributed by atoms with Crippen molar-refractivity contribution in [1.82, 2.24) is 9.97 Å². The van der Waals surface area contributed by atoms with Gasteiger partial charge in [0.25, 0.3) is 0 Å². The first kappa shape index (κ1) is 26.3. The van der Waals surface area contributed by atoms with Crippen molar-refractivity contribution >= 4 is 21.8 Å². The minimum absolute atomic E-state index is 0.0179. The van der Waals surface area contributed by atoms with Gasteiger partial charge in [-0.1, -0.05) is 87.4 Å². The Morgan fingerprint density at radius 3 is 1.92 bits per heavy atom. The van der Waals surface area contributed by atoms with E-state index in [1.807, 2.05) is 12.3 Å². The van der Waals surface area contributed by atoms with Gasteiger partial charge in [0, 0.05) is 28.1 Å². The third kappa shape index (κ3) is 5.33. The number of nitrogens with zero attached hydrogens (tertiary/aromatic N) is 2. The summed E-state index contributed by atoms with van der Waals surface area (Å²) >= 11 is 0. The number of rotatable bonds is 5. The highest BCUT2D eigenvalue weighted by atomic mass is 14.7. The van der Waals surface area contributed by atoms with Crippen LogP contribution in [0.3, 0.4) is 0 Å². The molecular formula is C34H44N2.